The van der Waals surface area contributed by atoms with E-state index in [0.717, 1.165) is 16.0 Å². The van der Waals surface area contributed by atoms with Crippen LogP contribution in [0.5, 0.6) is 0 Å². The third-order valence-electron chi connectivity index (χ3n) is 2.73. The Morgan fingerprint density at radius 2 is 1.88 bits per heavy atom. The molecule has 0 saturated heterocycles. The van der Waals surface area contributed by atoms with Gasteiger partial charge in [0.15, 0.2) is 5.78 Å². The fourth-order valence-corrected chi connectivity index (χ4v) is 2.92. The van der Waals surface area contributed by atoms with E-state index in [0.29, 0.717) is 0 Å². The number of benzene rings is 1. The molecule has 88 valence electrons. The summed E-state index contributed by atoms with van der Waals surface area (Å²) in [5, 5.41) is -0.589. The van der Waals surface area contributed by atoms with E-state index in [2.05, 4.69) is 0 Å². The van der Waals surface area contributed by atoms with Crippen LogP contribution < -0.4 is 0 Å². The minimum Gasteiger partial charge on any atom is -0.291 e. The van der Waals surface area contributed by atoms with Gasteiger partial charge in [-0.1, -0.05) is 30.3 Å². The largest absolute Gasteiger partial charge is 0.291 e. The molecule has 17 heavy (non-hydrogen) atoms. The Kier molecular flexibility index (Phi) is 3.65. The number of ketones is 1. The first kappa shape index (κ1) is 12.3. The maximum Gasteiger partial charge on any atom is 0.195 e. The van der Waals surface area contributed by atoms with E-state index >= 15 is 0 Å². The van der Waals surface area contributed by atoms with Gasteiger partial charge in [-0.3, -0.25) is 4.79 Å². The maximum atomic E-state index is 12.2. The monoisotopic (exact) mass is 264 g/mol. The number of aryl methyl sites for hydroxylation is 2. The van der Waals surface area contributed by atoms with Gasteiger partial charge in [0.05, 0.1) is 4.88 Å². The molecule has 0 aliphatic rings. The molecule has 0 amide bonds. The molecule has 1 unspecified atom stereocenters. The Balaban J connectivity index is 2.26. The maximum absolute atomic E-state index is 12.2. The molecule has 1 nitrogen and oxygen atoms in total. The van der Waals surface area contributed by atoms with E-state index in [1.165, 1.54) is 16.2 Å². The summed E-state index contributed by atoms with van der Waals surface area (Å²) in [7, 11) is 0. The zero-order valence-corrected chi connectivity index (χ0v) is 11.3. The van der Waals surface area contributed by atoms with Crippen LogP contribution in [0.15, 0.2) is 36.4 Å². The van der Waals surface area contributed by atoms with Crippen LogP contribution in [0.1, 0.15) is 31.1 Å². The summed E-state index contributed by atoms with van der Waals surface area (Å²) in [5.41, 5.74) is 2.00. The zero-order valence-electron chi connectivity index (χ0n) is 9.74. The van der Waals surface area contributed by atoms with Gasteiger partial charge >= 0.3 is 0 Å². The lowest BCUT2D eigenvalue weighted by Crippen LogP contribution is -2.05. The molecule has 1 aromatic carbocycles. The van der Waals surface area contributed by atoms with Crippen molar-refractivity contribution in [3.05, 3.63) is 57.3 Å². The highest BCUT2D eigenvalue weighted by Gasteiger charge is 2.21. The van der Waals surface area contributed by atoms with Crippen LogP contribution in [0.25, 0.3) is 0 Å². The standard InChI is InChI=1S/C14H13ClOS/c1-9-8-12(17-10(9)2)14(16)13(15)11-6-4-3-5-7-11/h3-8,13H,1-2H3. The van der Waals surface area contributed by atoms with Gasteiger partial charge in [-0.2, -0.15) is 0 Å². The number of hydrogen-bond donors (Lipinski definition) is 0. The molecule has 3 heteroatoms. The van der Waals surface area contributed by atoms with Crippen molar-refractivity contribution >= 4 is 28.7 Å². The van der Waals surface area contributed by atoms with Crippen LogP contribution >= 0.6 is 22.9 Å². The van der Waals surface area contributed by atoms with Gasteiger partial charge in [-0.05, 0) is 31.0 Å². The lowest BCUT2D eigenvalue weighted by molar-refractivity contribution is 0.0991. The highest BCUT2D eigenvalue weighted by atomic mass is 35.5. The van der Waals surface area contributed by atoms with Crippen LogP contribution in [-0.2, 0) is 0 Å². The van der Waals surface area contributed by atoms with Crippen molar-refractivity contribution < 1.29 is 4.79 Å². The summed E-state index contributed by atoms with van der Waals surface area (Å²) in [6.07, 6.45) is 0. The summed E-state index contributed by atoms with van der Waals surface area (Å²) in [4.78, 5) is 14.1. The molecule has 0 aliphatic heterocycles. The first-order chi connectivity index (χ1) is 8.09. The number of Topliss-reactive ketones (excluding diaryl/α,β-unsaturated/α-hetero) is 1. The zero-order chi connectivity index (χ0) is 12.4. The Labute approximate surface area is 110 Å². The van der Waals surface area contributed by atoms with Crippen molar-refractivity contribution in [2.24, 2.45) is 0 Å². The molecule has 0 bridgehead atoms. The summed E-state index contributed by atoms with van der Waals surface area (Å²) < 4.78 is 0. The smallest absolute Gasteiger partial charge is 0.195 e. The minimum absolute atomic E-state index is 0.0148. The van der Waals surface area contributed by atoms with E-state index in [1.54, 1.807) is 0 Å². The van der Waals surface area contributed by atoms with Crippen molar-refractivity contribution in [1.29, 1.82) is 0 Å². The molecule has 2 aromatic rings. The highest BCUT2D eigenvalue weighted by Crippen LogP contribution is 2.29. The topological polar surface area (TPSA) is 17.1 Å². The predicted molar refractivity (Wildman–Crippen MR) is 73.2 cm³/mol. The molecule has 0 aliphatic carbocycles. The fraction of sp³-hybridized carbons (Fsp3) is 0.214. The molecule has 1 atom stereocenters. The number of alkyl halides is 1. The summed E-state index contributed by atoms with van der Waals surface area (Å²) in [6.45, 7) is 4.02. The van der Waals surface area contributed by atoms with Crippen LogP contribution in [0.2, 0.25) is 0 Å². The van der Waals surface area contributed by atoms with Crippen LogP contribution in [0, 0.1) is 13.8 Å². The number of carbonyl (C=O) groups excluding carboxylic acids is 1. The third kappa shape index (κ3) is 2.59. The van der Waals surface area contributed by atoms with Crippen LogP contribution in [0.3, 0.4) is 0 Å². The predicted octanol–water partition coefficient (Wildman–Crippen LogP) is 4.53. The molecular formula is C14H13ClOS. The molecule has 0 spiro atoms. The molecule has 0 N–H and O–H groups in total. The minimum atomic E-state index is -0.589. The van der Waals surface area contributed by atoms with E-state index in [4.69, 9.17) is 11.6 Å². The van der Waals surface area contributed by atoms with E-state index in [9.17, 15) is 4.79 Å². The Bertz CT molecular complexity index is 511. The Morgan fingerprint density at radius 1 is 1.24 bits per heavy atom. The van der Waals surface area contributed by atoms with E-state index in [1.807, 2.05) is 50.2 Å². The quantitative estimate of drug-likeness (QED) is 0.588. The van der Waals surface area contributed by atoms with Crippen molar-refractivity contribution in [3.8, 4) is 0 Å². The van der Waals surface area contributed by atoms with Gasteiger partial charge in [0.25, 0.3) is 0 Å². The van der Waals surface area contributed by atoms with Gasteiger partial charge in [0.1, 0.15) is 5.38 Å². The van der Waals surface area contributed by atoms with Gasteiger partial charge < -0.3 is 0 Å². The SMILES string of the molecule is Cc1cc(C(=O)C(Cl)c2ccccc2)sc1C. The van der Waals surface area contributed by atoms with Gasteiger partial charge in [-0.25, -0.2) is 0 Å². The van der Waals surface area contributed by atoms with Crippen molar-refractivity contribution in [2.75, 3.05) is 0 Å². The van der Waals surface area contributed by atoms with Crippen molar-refractivity contribution in [1.82, 2.24) is 0 Å². The number of hydrogen-bond acceptors (Lipinski definition) is 2. The Morgan fingerprint density at radius 3 is 2.41 bits per heavy atom. The molecule has 2 rings (SSSR count). The lowest BCUT2D eigenvalue weighted by atomic mass is 10.1. The average molecular weight is 265 g/mol. The number of carbonyl (C=O) groups is 1. The molecule has 0 fully saturated rings. The second kappa shape index (κ2) is 5.03. The fourth-order valence-electron chi connectivity index (χ4n) is 1.59. The molecule has 1 aromatic heterocycles. The highest BCUT2D eigenvalue weighted by molar-refractivity contribution is 7.14. The van der Waals surface area contributed by atoms with Crippen molar-refractivity contribution in [2.45, 2.75) is 19.2 Å². The lowest BCUT2D eigenvalue weighted by Gasteiger charge is -2.06. The molecule has 1 heterocycles. The molecule has 0 saturated carbocycles. The van der Waals surface area contributed by atoms with E-state index in [-0.39, 0.29) is 5.78 Å². The van der Waals surface area contributed by atoms with Gasteiger partial charge in [0.2, 0.25) is 0 Å². The second-order valence-corrected chi connectivity index (χ2v) is 5.68. The normalized spacial score (nSPS) is 12.4. The van der Waals surface area contributed by atoms with E-state index < -0.39 is 5.38 Å². The van der Waals surface area contributed by atoms with Gasteiger partial charge in [0, 0.05) is 4.88 Å². The van der Waals surface area contributed by atoms with Crippen LogP contribution in [-0.4, -0.2) is 5.78 Å². The molecule has 0 radical (unpaired) electrons. The first-order valence-electron chi connectivity index (χ1n) is 5.40. The third-order valence-corrected chi connectivity index (χ3v) is 4.35. The summed E-state index contributed by atoms with van der Waals surface area (Å²) >= 11 is 7.72. The van der Waals surface area contributed by atoms with Crippen molar-refractivity contribution in [3.63, 3.8) is 0 Å². The average Bonchev–Trinajstić information content (AvgIpc) is 2.69. The molecular weight excluding hydrogens is 252 g/mol. The summed E-state index contributed by atoms with van der Waals surface area (Å²) in [5.74, 6) is -0.0148. The van der Waals surface area contributed by atoms with Crippen LogP contribution in [0.4, 0.5) is 0 Å². The summed E-state index contributed by atoms with van der Waals surface area (Å²) in [6, 6.07) is 11.4. The Hall–Kier alpha value is -1.12. The van der Waals surface area contributed by atoms with Gasteiger partial charge in [-0.15, -0.1) is 22.9 Å². The first-order valence-corrected chi connectivity index (χ1v) is 6.65. The second-order valence-electron chi connectivity index (χ2n) is 3.99. The number of thiophene rings is 1. The number of rotatable bonds is 3. The number of halogens is 1.